The molecule has 1 saturated heterocycles. The highest BCUT2D eigenvalue weighted by atomic mass is 35.5. The normalized spacial score (nSPS) is 21.1. The molecule has 1 aliphatic heterocycles. The second kappa shape index (κ2) is 7.79. The summed E-state index contributed by atoms with van der Waals surface area (Å²) in [5.74, 6) is -0.196. The van der Waals surface area contributed by atoms with Gasteiger partial charge in [-0.2, -0.15) is 17.5 Å². The average molecular weight is 421 g/mol. The van der Waals surface area contributed by atoms with Gasteiger partial charge in [0.25, 0.3) is 0 Å². The van der Waals surface area contributed by atoms with Crippen LogP contribution in [0.5, 0.6) is 0 Å². The topological polar surface area (TPSA) is 63.4 Å². The number of hydrogen-bond donors (Lipinski definition) is 1. The molecule has 9 heteroatoms. The molecule has 0 amide bonds. The minimum Gasteiger partial charge on any atom is -0.326 e. The van der Waals surface area contributed by atoms with Crippen molar-refractivity contribution in [1.82, 2.24) is 4.31 Å². The molecule has 4 nitrogen and oxygen atoms in total. The van der Waals surface area contributed by atoms with Crippen molar-refractivity contribution < 1.29 is 21.6 Å². The minimum atomic E-state index is -4.61. The van der Waals surface area contributed by atoms with Crippen LogP contribution in [0.2, 0.25) is 0 Å². The molecule has 0 radical (unpaired) electrons. The van der Waals surface area contributed by atoms with Gasteiger partial charge < -0.3 is 5.73 Å². The fraction of sp³-hybridized carbons (Fsp3) is 0.333. The maximum absolute atomic E-state index is 13.1. The molecule has 3 rings (SSSR count). The van der Waals surface area contributed by atoms with Crippen LogP contribution in [-0.4, -0.2) is 31.9 Å². The SMILES string of the molecule is Cc1ccc(S(=O)(=O)N2C[C@@H](N)[C@H](c3ccccc3)C2)cc1C(F)(F)F.Cl. The van der Waals surface area contributed by atoms with E-state index in [0.717, 1.165) is 5.56 Å². The lowest BCUT2D eigenvalue weighted by Gasteiger charge is -2.18. The van der Waals surface area contributed by atoms with Gasteiger partial charge in [-0.3, -0.25) is 0 Å². The van der Waals surface area contributed by atoms with Crippen molar-refractivity contribution in [2.24, 2.45) is 5.73 Å². The van der Waals surface area contributed by atoms with E-state index in [1.165, 1.54) is 23.4 Å². The third-order valence-electron chi connectivity index (χ3n) is 4.71. The first-order valence-electron chi connectivity index (χ1n) is 8.09. The number of hydrogen-bond acceptors (Lipinski definition) is 3. The quantitative estimate of drug-likeness (QED) is 0.825. The summed E-state index contributed by atoms with van der Waals surface area (Å²) < 4.78 is 66.2. The number of aryl methyl sites for hydroxylation is 1. The predicted molar refractivity (Wildman–Crippen MR) is 99.3 cm³/mol. The van der Waals surface area contributed by atoms with Gasteiger partial charge >= 0.3 is 6.18 Å². The zero-order valence-corrected chi connectivity index (χ0v) is 16.1. The van der Waals surface area contributed by atoms with Crippen LogP contribution in [0.3, 0.4) is 0 Å². The minimum absolute atomic E-state index is 0. The van der Waals surface area contributed by atoms with Crippen LogP contribution in [0.25, 0.3) is 0 Å². The van der Waals surface area contributed by atoms with Crippen LogP contribution >= 0.6 is 12.4 Å². The number of rotatable bonds is 3. The van der Waals surface area contributed by atoms with E-state index in [2.05, 4.69) is 0 Å². The van der Waals surface area contributed by atoms with E-state index in [1.807, 2.05) is 30.3 Å². The number of alkyl halides is 3. The highest BCUT2D eigenvalue weighted by molar-refractivity contribution is 7.89. The summed E-state index contributed by atoms with van der Waals surface area (Å²) in [6.07, 6.45) is -4.61. The Balaban J connectivity index is 0.00000261. The number of benzene rings is 2. The van der Waals surface area contributed by atoms with E-state index in [0.29, 0.717) is 6.07 Å². The van der Waals surface area contributed by atoms with Crippen molar-refractivity contribution in [3.8, 4) is 0 Å². The Morgan fingerprint density at radius 3 is 2.30 bits per heavy atom. The third kappa shape index (κ3) is 4.29. The van der Waals surface area contributed by atoms with E-state index in [4.69, 9.17) is 5.73 Å². The maximum Gasteiger partial charge on any atom is 0.416 e. The van der Waals surface area contributed by atoms with Gasteiger partial charge in [-0.15, -0.1) is 12.4 Å². The van der Waals surface area contributed by atoms with Crippen LogP contribution in [0.15, 0.2) is 53.4 Å². The molecule has 0 aromatic heterocycles. The Morgan fingerprint density at radius 2 is 1.70 bits per heavy atom. The van der Waals surface area contributed by atoms with Crippen molar-refractivity contribution >= 4 is 22.4 Å². The Morgan fingerprint density at radius 1 is 1.07 bits per heavy atom. The van der Waals surface area contributed by atoms with E-state index in [-0.39, 0.29) is 41.9 Å². The van der Waals surface area contributed by atoms with Crippen LogP contribution in [0.4, 0.5) is 13.2 Å². The fourth-order valence-corrected chi connectivity index (χ4v) is 4.79. The van der Waals surface area contributed by atoms with E-state index in [1.54, 1.807) is 0 Å². The maximum atomic E-state index is 13.1. The largest absolute Gasteiger partial charge is 0.416 e. The molecule has 0 spiro atoms. The van der Waals surface area contributed by atoms with Crippen LogP contribution in [-0.2, 0) is 16.2 Å². The van der Waals surface area contributed by atoms with Gasteiger partial charge in [0.1, 0.15) is 0 Å². The summed E-state index contributed by atoms with van der Waals surface area (Å²) in [5, 5.41) is 0. The molecule has 2 N–H and O–H groups in total. The van der Waals surface area contributed by atoms with Crippen molar-refractivity contribution in [2.45, 2.75) is 30.0 Å². The monoisotopic (exact) mass is 420 g/mol. The van der Waals surface area contributed by atoms with Gasteiger partial charge in [0.05, 0.1) is 10.5 Å². The first kappa shape index (κ1) is 21.7. The second-order valence-electron chi connectivity index (χ2n) is 6.48. The first-order valence-corrected chi connectivity index (χ1v) is 9.53. The van der Waals surface area contributed by atoms with Crippen LogP contribution in [0, 0.1) is 6.92 Å². The molecule has 27 heavy (non-hydrogen) atoms. The van der Waals surface area contributed by atoms with E-state index >= 15 is 0 Å². The Labute approximate surface area is 162 Å². The Hall–Kier alpha value is -1.61. The van der Waals surface area contributed by atoms with Gasteiger partial charge in [0.2, 0.25) is 10.0 Å². The van der Waals surface area contributed by atoms with Crippen LogP contribution < -0.4 is 5.73 Å². The zero-order valence-electron chi connectivity index (χ0n) is 14.5. The lowest BCUT2D eigenvalue weighted by molar-refractivity contribution is -0.138. The van der Waals surface area contributed by atoms with Gasteiger partial charge in [-0.1, -0.05) is 36.4 Å². The molecule has 0 saturated carbocycles. The fourth-order valence-electron chi connectivity index (χ4n) is 3.26. The summed E-state index contributed by atoms with van der Waals surface area (Å²) >= 11 is 0. The molecule has 0 unspecified atom stereocenters. The third-order valence-corrected chi connectivity index (χ3v) is 6.54. The zero-order chi connectivity index (χ0) is 19.1. The number of nitrogens with zero attached hydrogens (tertiary/aromatic N) is 1. The number of nitrogens with two attached hydrogens (primary N) is 1. The Bertz CT molecular complexity index is 905. The molecule has 0 bridgehead atoms. The molecule has 0 aliphatic carbocycles. The molecule has 148 valence electrons. The van der Waals surface area contributed by atoms with Gasteiger partial charge in [0, 0.05) is 25.0 Å². The van der Waals surface area contributed by atoms with Gasteiger partial charge in [-0.05, 0) is 30.2 Å². The summed E-state index contributed by atoms with van der Waals surface area (Å²) in [5.41, 5.74) is 6.07. The highest BCUT2D eigenvalue weighted by Gasteiger charge is 2.40. The average Bonchev–Trinajstić information content (AvgIpc) is 2.97. The summed E-state index contributed by atoms with van der Waals surface area (Å²) in [7, 11) is -4.06. The molecular formula is C18H20ClF3N2O2S. The molecule has 2 aromatic carbocycles. The van der Waals surface area contributed by atoms with Crippen molar-refractivity contribution in [3.05, 3.63) is 65.2 Å². The highest BCUT2D eigenvalue weighted by Crippen LogP contribution is 2.35. The standard InChI is InChI=1S/C18H19F3N2O2S.ClH/c1-12-7-8-14(9-16(12)18(19,20)21)26(24,25)23-10-15(17(22)11-23)13-5-3-2-4-6-13;/h2-9,15,17H,10-11,22H2,1H3;1H/t15-,17+;/m0./s1. The molecule has 1 fully saturated rings. The van der Waals surface area contributed by atoms with Crippen molar-refractivity contribution in [1.29, 1.82) is 0 Å². The lowest BCUT2D eigenvalue weighted by Crippen LogP contribution is -2.32. The number of sulfonamides is 1. The van der Waals surface area contributed by atoms with E-state index < -0.39 is 27.8 Å². The van der Waals surface area contributed by atoms with Gasteiger partial charge in [0.15, 0.2) is 0 Å². The molecule has 2 aromatic rings. The van der Waals surface area contributed by atoms with Crippen molar-refractivity contribution in [3.63, 3.8) is 0 Å². The second-order valence-corrected chi connectivity index (χ2v) is 8.42. The van der Waals surface area contributed by atoms with Crippen LogP contribution in [0.1, 0.15) is 22.6 Å². The van der Waals surface area contributed by atoms with E-state index in [9.17, 15) is 21.6 Å². The Kier molecular flexibility index (Phi) is 6.26. The molecule has 2 atom stereocenters. The van der Waals surface area contributed by atoms with Gasteiger partial charge in [-0.25, -0.2) is 8.42 Å². The summed E-state index contributed by atoms with van der Waals surface area (Å²) in [4.78, 5) is -0.365. The van der Waals surface area contributed by atoms with Crippen molar-refractivity contribution in [2.75, 3.05) is 13.1 Å². The smallest absolute Gasteiger partial charge is 0.326 e. The predicted octanol–water partition coefficient (Wildman–Crippen LogP) is 3.55. The molecule has 1 aliphatic rings. The summed E-state index contributed by atoms with van der Waals surface area (Å²) in [6, 6.07) is 11.9. The summed E-state index contributed by atoms with van der Waals surface area (Å²) in [6.45, 7) is 1.51. The molecular weight excluding hydrogens is 401 g/mol. The number of halogens is 4. The lowest BCUT2D eigenvalue weighted by atomic mass is 9.95. The molecule has 1 heterocycles. The first-order chi connectivity index (χ1) is 12.1.